The standard InChI is InChI=1S/C21H35F2N3O6/c1-19(2,3)32-18(31)25-11-14(10-15(25)16(28)29)26(17(30)20(4,5)12-27)24-13-6-8-21(22,23)9-7-13/h13-15,24,27H,6-12H2,1-5H3,(H,28,29)/t14-,15-/m0/s1. The lowest BCUT2D eigenvalue weighted by Crippen LogP contribution is -2.59. The predicted molar refractivity (Wildman–Crippen MR) is 111 cm³/mol. The topological polar surface area (TPSA) is 119 Å². The number of likely N-dealkylation sites (tertiary alicyclic amines) is 1. The minimum absolute atomic E-state index is 0.0578. The van der Waals surface area contributed by atoms with Crippen molar-refractivity contribution in [3.63, 3.8) is 0 Å². The highest BCUT2D eigenvalue weighted by atomic mass is 19.3. The number of ether oxygens (including phenoxy) is 1. The number of rotatable bonds is 6. The molecule has 0 spiro atoms. The number of halogens is 2. The van der Waals surface area contributed by atoms with Crippen molar-refractivity contribution < 1.29 is 38.1 Å². The van der Waals surface area contributed by atoms with Crippen molar-refractivity contribution in [3.8, 4) is 0 Å². The molecule has 32 heavy (non-hydrogen) atoms. The minimum atomic E-state index is -2.74. The predicted octanol–water partition coefficient (Wildman–Crippen LogP) is 2.38. The Kier molecular flexibility index (Phi) is 7.76. The van der Waals surface area contributed by atoms with Crippen LogP contribution in [0.15, 0.2) is 0 Å². The number of hydrazine groups is 1. The van der Waals surface area contributed by atoms with Gasteiger partial charge >= 0.3 is 12.1 Å². The zero-order chi connectivity index (χ0) is 24.5. The van der Waals surface area contributed by atoms with Crippen LogP contribution in [0.2, 0.25) is 0 Å². The molecule has 0 aromatic rings. The van der Waals surface area contributed by atoms with Gasteiger partial charge in [-0.15, -0.1) is 0 Å². The molecule has 0 bridgehead atoms. The number of nitrogens with zero attached hydrogens (tertiary/aromatic N) is 2. The van der Waals surface area contributed by atoms with Gasteiger partial charge in [0.05, 0.1) is 18.1 Å². The van der Waals surface area contributed by atoms with E-state index in [2.05, 4.69) is 5.43 Å². The van der Waals surface area contributed by atoms with Crippen LogP contribution in [-0.4, -0.2) is 80.9 Å². The zero-order valence-electron chi connectivity index (χ0n) is 19.4. The molecule has 1 aliphatic heterocycles. The summed E-state index contributed by atoms with van der Waals surface area (Å²) in [5, 5.41) is 20.6. The Labute approximate surface area is 187 Å². The van der Waals surface area contributed by atoms with Crippen LogP contribution in [0.5, 0.6) is 0 Å². The number of aliphatic carboxylic acids is 1. The molecule has 2 amide bonds. The zero-order valence-corrected chi connectivity index (χ0v) is 19.4. The largest absolute Gasteiger partial charge is 0.480 e. The van der Waals surface area contributed by atoms with Gasteiger partial charge in [-0.2, -0.15) is 0 Å². The van der Waals surface area contributed by atoms with E-state index in [0.717, 1.165) is 4.90 Å². The summed E-state index contributed by atoms with van der Waals surface area (Å²) in [6, 6.07) is -2.35. The van der Waals surface area contributed by atoms with Crippen molar-refractivity contribution >= 4 is 18.0 Å². The summed E-state index contributed by atoms with van der Waals surface area (Å²) >= 11 is 0. The molecule has 2 atom stereocenters. The van der Waals surface area contributed by atoms with Crippen LogP contribution in [-0.2, 0) is 14.3 Å². The van der Waals surface area contributed by atoms with Gasteiger partial charge in [-0.25, -0.2) is 23.8 Å². The number of nitrogens with one attached hydrogen (secondary N) is 1. The van der Waals surface area contributed by atoms with Crippen molar-refractivity contribution in [2.24, 2.45) is 5.41 Å². The Morgan fingerprint density at radius 2 is 1.72 bits per heavy atom. The first-order valence-electron chi connectivity index (χ1n) is 10.9. The van der Waals surface area contributed by atoms with Crippen molar-refractivity contribution in [2.45, 2.75) is 96.4 Å². The van der Waals surface area contributed by atoms with E-state index in [1.165, 1.54) is 18.9 Å². The average molecular weight is 464 g/mol. The molecule has 9 nitrogen and oxygen atoms in total. The highest BCUT2D eigenvalue weighted by molar-refractivity contribution is 5.84. The number of alkyl halides is 2. The first-order valence-corrected chi connectivity index (χ1v) is 10.9. The maximum Gasteiger partial charge on any atom is 0.411 e. The molecule has 0 radical (unpaired) electrons. The number of aliphatic hydroxyl groups is 1. The average Bonchev–Trinajstić information content (AvgIpc) is 3.11. The van der Waals surface area contributed by atoms with Crippen LogP contribution in [0.25, 0.3) is 0 Å². The minimum Gasteiger partial charge on any atom is -0.480 e. The number of carboxylic acid groups (broad SMARTS) is 1. The maximum absolute atomic E-state index is 13.6. The van der Waals surface area contributed by atoms with E-state index in [-0.39, 0.29) is 38.6 Å². The van der Waals surface area contributed by atoms with Crippen molar-refractivity contribution in [1.82, 2.24) is 15.3 Å². The van der Waals surface area contributed by atoms with Gasteiger partial charge in [0.1, 0.15) is 11.6 Å². The second kappa shape index (κ2) is 9.46. The fraction of sp³-hybridized carbons (Fsp3) is 0.857. The van der Waals surface area contributed by atoms with Crippen LogP contribution < -0.4 is 5.43 Å². The molecular weight excluding hydrogens is 428 g/mol. The van der Waals surface area contributed by atoms with E-state index in [9.17, 15) is 33.4 Å². The van der Waals surface area contributed by atoms with Crippen LogP contribution in [0.3, 0.4) is 0 Å². The van der Waals surface area contributed by atoms with Crippen LogP contribution in [0.4, 0.5) is 13.6 Å². The summed E-state index contributed by atoms with van der Waals surface area (Å²) in [7, 11) is 0. The van der Waals surface area contributed by atoms with E-state index in [1.54, 1.807) is 20.8 Å². The lowest BCUT2D eigenvalue weighted by Gasteiger charge is -2.39. The number of carbonyl (C=O) groups is 3. The summed E-state index contributed by atoms with van der Waals surface area (Å²) in [5.74, 6) is -4.48. The third-order valence-corrected chi connectivity index (χ3v) is 5.79. The third kappa shape index (κ3) is 6.50. The molecule has 2 rings (SSSR count). The Balaban J connectivity index is 2.26. The van der Waals surface area contributed by atoms with Crippen LogP contribution >= 0.6 is 0 Å². The number of carbonyl (C=O) groups excluding carboxylic acids is 2. The molecule has 0 aromatic carbocycles. The van der Waals surface area contributed by atoms with E-state index >= 15 is 0 Å². The summed E-state index contributed by atoms with van der Waals surface area (Å²) in [5.41, 5.74) is 0.985. The summed E-state index contributed by atoms with van der Waals surface area (Å²) in [4.78, 5) is 38.8. The SMILES string of the molecule is CC(C)(C)OC(=O)N1C[C@@H](N(NC2CCC(F)(F)CC2)C(=O)C(C)(C)CO)C[C@H]1C(=O)O. The summed E-state index contributed by atoms with van der Waals surface area (Å²) in [6.07, 6.45) is -1.22. The molecule has 1 saturated heterocycles. The normalized spacial score (nSPS) is 24.3. The fourth-order valence-corrected chi connectivity index (χ4v) is 3.85. The Hall–Kier alpha value is -2.01. The molecule has 2 aliphatic rings. The van der Waals surface area contributed by atoms with Gasteiger partial charge in [0, 0.05) is 31.8 Å². The second-order valence-corrected chi connectivity index (χ2v) is 10.4. The fourth-order valence-electron chi connectivity index (χ4n) is 3.85. The van der Waals surface area contributed by atoms with Gasteiger partial charge < -0.3 is 14.9 Å². The lowest BCUT2D eigenvalue weighted by molar-refractivity contribution is -0.151. The molecule has 184 valence electrons. The molecule has 1 saturated carbocycles. The number of hydrogen-bond acceptors (Lipinski definition) is 6. The second-order valence-electron chi connectivity index (χ2n) is 10.4. The number of aliphatic hydroxyl groups excluding tert-OH is 1. The van der Waals surface area contributed by atoms with Crippen molar-refractivity contribution in [3.05, 3.63) is 0 Å². The first kappa shape index (κ1) is 26.2. The summed E-state index contributed by atoms with van der Waals surface area (Å²) < 4.78 is 32.5. The Morgan fingerprint density at radius 3 is 2.19 bits per heavy atom. The summed E-state index contributed by atoms with van der Waals surface area (Å²) in [6.45, 7) is 7.49. The van der Waals surface area contributed by atoms with Gasteiger partial charge in [-0.05, 0) is 47.5 Å². The first-order chi connectivity index (χ1) is 14.6. The van der Waals surface area contributed by atoms with E-state index in [0.29, 0.717) is 0 Å². The molecule has 0 aromatic heterocycles. The van der Waals surface area contributed by atoms with E-state index < -0.39 is 59.6 Å². The molecule has 2 fully saturated rings. The molecule has 1 heterocycles. The van der Waals surface area contributed by atoms with Gasteiger partial charge in [0.2, 0.25) is 11.8 Å². The van der Waals surface area contributed by atoms with Gasteiger partial charge in [0.15, 0.2) is 0 Å². The maximum atomic E-state index is 13.6. The number of amides is 2. The van der Waals surface area contributed by atoms with Crippen molar-refractivity contribution in [2.75, 3.05) is 13.2 Å². The lowest BCUT2D eigenvalue weighted by atomic mass is 9.91. The highest BCUT2D eigenvalue weighted by Gasteiger charge is 2.47. The van der Waals surface area contributed by atoms with Gasteiger partial charge in [-0.3, -0.25) is 14.7 Å². The van der Waals surface area contributed by atoms with E-state index in [4.69, 9.17) is 4.74 Å². The Bertz CT molecular complexity index is 715. The molecule has 0 unspecified atom stereocenters. The van der Waals surface area contributed by atoms with Crippen molar-refractivity contribution in [1.29, 1.82) is 0 Å². The number of hydrogen-bond donors (Lipinski definition) is 3. The molecule has 3 N–H and O–H groups in total. The molecule has 11 heteroatoms. The third-order valence-electron chi connectivity index (χ3n) is 5.79. The van der Waals surface area contributed by atoms with Gasteiger partial charge in [0.25, 0.3) is 0 Å². The quantitative estimate of drug-likeness (QED) is 0.518. The van der Waals surface area contributed by atoms with Crippen LogP contribution in [0, 0.1) is 5.41 Å². The van der Waals surface area contributed by atoms with E-state index in [1.807, 2.05) is 0 Å². The monoisotopic (exact) mass is 463 g/mol. The van der Waals surface area contributed by atoms with Gasteiger partial charge in [-0.1, -0.05) is 0 Å². The van der Waals surface area contributed by atoms with Crippen LogP contribution in [0.1, 0.15) is 66.7 Å². The highest BCUT2D eigenvalue weighted by Crippen LogP contribution is 2.34. The smallest absolute Gasteiger partial charge is 0.411 e. The number of carboxylic acids is 1. The Morgan fingerprint density at radius 1 is 1.16 bits per heavy atom. The molecular formula is C21H35F2N3O6. The molecule has 1 aliphatic carbocycles.